The average Bonchev–Trinajstić information content (AvgIpc) is 2.41. The lowest BCUT2D eigenvalue weighted by molar-refractivity contribution is -0.131. The van der Waals surface area contributed by atoms with E-state index in [-0.39, 0.29) is 11.7 Å². The van der Waals surface area contributed by atoms with Gasteiger partial charge in [0.05, 0.1) is 0 Å². The molecule has 0 aliphatic carbocycles. The van der Waals surface area contributed by atoms with Crippen LogP contribution in [0.5, 0.6) is 0 Å². The molecule has 4 heteroatoms. The van der Waals surface area contributed by atoms with Gasteiger partial charge in [0, 0.05) is 19.5 Å². The molecule has 0 aliphatic rings. The van der Waals surface area contributed by atoms with Crippen LogP contribution in [-0.2, 0) is 11.2 Å². The third-order valence-electron chi connectivity index (χ3n) is 3.00. The summed E-state index contributed by atoms with van der Waals surface area (Å²) in [5, 5.41) is 0. The SMILES string of the molecule is CCCN(CCc1cccc(F)c1)C(=O)CCCN. The van der Waals surface area contributed by atoms with Crippen molar-refractivity contribution in [3.8, 4) is 0 Å². The second kappa shape index (κ2) is 8.64. The topological polar surface area (TPSA) is 46.3 Å². The number of halogens is 1. The van der Waals surface area contributed by atoms with Crippen molar-refractivity contribution in [1.82, 2.24) is 4.90 Å². The molecule has 0 saturated carbocycles. The molecule has 0 spiro atoms. The van der Waals surface area contributed by atoms with Gasteiger partial charge in [0.25, 0.3) is 0 Å². The highest BCUT2D eigenvalue weighted by molar-refractivity contribution is 5.76. The van der Waals surface area contributed by atoms with Crippen molar-refractivity contribution in [2.24, 2.45) is 5.73 Å². The molecule has 0 radical (unpaired) electrons. The van der Waals surface area contributed by atoms with E-state index in [4.69, 9.17) is 5.73 Å². The lowest BCUT2D eigenvalue weighted by Crippen LogP contribution is -2.33. The lowest BCUT2D eigenvalue weighted by Gasteiger charge is -2.22. The molecule has 0 saturated heterocycles. The number of nitrogens with two attached hydrogens (primary N) is 1. The van der Waals surface area contributed by atoms with Crippen LogP contribution < -0.4 is 5.73 Å². The van der Waals surface area contributed by atoms with Gasteiger partial charge in [0.1, 0.15) is 5.82 Å². The molecule has 106 valence electrons. The third kappa shape index (κ3) is 5.83. The lowest BCUT2D eigenvalue weighted by atomic mass is 10.1. The van der Waals surface area contributed by atoms with E-state index in [2.05, 4.69) is 0 Å². The van der Waals surface area contributed by atoms with Crippen LogP contribution in [0.4, 0.5) is 4.39 Å². The summed E-state index contributed by atoms with van der Waals surface area (Å²) in [6.07, 6.45) is 2.84. The molecule has 0 bridgehead atoms. The Labute approximate surface area is 114 Å². The zero-order valence-electron chi connectivity index (χ0n) is 11.6. The van der Waals surface area contributed by atoms with Gasteiger partial charge in [-0.05, 0) is 43.5 Å². The number of carbonyl (C=O) groups excluding carboxylic acids is 1. The Morgan fingerprint density at radius 2 is 2.16 bits per heavy atom. The minimum absolute atomic E-state index is 0.142. The van der Waals surface area contributed by atoms with Crippen molar-refractivity contribution in [3.63, 3.8) is 0 Å². The fourth-order valence-electron chi connectivity index (χ4n) is 2.00. The van der Waals surface area contributed by atoms with Crippen LogP contribution in [0.1, 0.15) is 31.7 Å². The van der Waals surface area contributed by atoms with Gasteiger partial charge in [-0.3, -0.25) is 4.79 Å². The number of nitrogens with zero attached hydrogens (tertiary/aromatic N) is 1. The van der Waals surface area contributed by atoms with E-state index in [9.17, 15) is 9.18 Å². The van der Waals surface area contributed by atoms with Crippen molar-refractivity contribution in [1.29, 1.82) is 0 Å². The van der Waals surface area contributed by atoms with E-state index in [0.717, 1.165) is 24.9 Å². The number of amides is 1. The normalized spacial score (nSPS) is 10.5. The van der Waals surface area contributed by atoms with Crippen molar-refractivity contribution < 1.29 is 9.18 Å². The van der Waals surface area contributed by atoms with Gasteiger partial charge < -0.3 is 10.6 Å². The molecule has 3 nitrogen and oxygen atoms in total. The van der Waals surface area contributed by atoms with Gasteiger partial charge in [-0.1, -0.05) is 19.1 Å². The second-order valence-electron chi connectivity index (χ2n) is 4.65. The first kappa shape index (κ1) is 15.6. The highest BCUT2D eigenvalue weighted by Gasteiger charge is 2.11. The highest BCUT2D eigenvalue weighted by Crippen LogP contribution is 2.07. The standard InChI is InChI=1S/C15H23FN2O/c1-2-10-18(15(19)7-4-9-17)11-8-13-5-3-6-14(16)12-13/h3,5-6,12H,2,4,7-11,17H2,1H3. The first-order chi connectivity index (χ1) is 9.17. The first-order valence-corrected chi connectivity index (χ1v) is 6.89. The molecule has 0 fully saturated rings. The molecule has 2 N–H and O–H groups in total. The Morgan fingerprint density at radius 1 is 1.37 bits per heavy atom. The third-order valence-corrected chi connectivity index (χ3v) is 3.00. The number of hydrogen-bond acceptors (Lipinski definition) is 2. The summed E-state index contributed by atoms with van der Waals surface area (Å²) >= 11 is 0. The molecule has 19 heavy (non-hydrogen) atoms. The van der Waals surface area contributed by atoms with E-state index >= 15 is 0 Å². The van der Waals surface area contributed by atoms with E-state index < -0.39 is 0 Å². The summed E-state index contributed by atoms with van der Waals surface area (Å²) in [6.45, 7) is 3.97. The van der Waals surface area contributed by atoms with Gasteiger partial charge >= 0.3 is 0 Å². The number of hydrogen-bond donors (Lipinski definition) is 1. The quantitative estimate of drug-likeness (QED) is 0.785. The van der Waals surface area contributed by atoms with E-state index in [1.165, 1.54) is 12.1 Å². The molecule has 0 aromatic heterocycles. The molecule has 0 unspecified atom stereocenters. The summed E-state index contributed by atoms with van der Waals surface area (Å²) < 4.78 is 13.1. The summed E-state index contributed by atoms with van der Waals surface area (Å²) in [5.41, 5.74) is 6.34. The number of carbonyl (C=O) groups is 1. The molecule has 1 rings (SSSR count). The number of rotatable bonds is 8. The van der Waals surface area contributed by atoms with Crippen LogP contribution in [0.3, 0.4) is 0 Å². The van der Waals surface area contributed by atoms with Crippen LogP contribution in [0, 0.1) is 5.82 Å². The van der Waals surface area contributed by atoms with Crippen molar-refractivity contribution in [2.45, 2.75) is 32.6 Å². The Bertz CT molecular complexity index is 395. The van der Waals surface area contributed by atoms with Crippen molar-refractivity contribution in [2.75, 3.05) is 19.6 Å². The zero-order valence-corrected chi connectivity index (χ0v) is 11.6. The highest BCUT2D eigenvalue weighted by atomic mass is 19.1. The maximum Gasteiger partial charge on any atom is 0.222 e. The first-order valence-electron chi connectivity index (χ1n) is 6.89. The minimum atomic E-state index is -0.228. The Kier molecular flexibility index (Phi) is 7.11. The van der Waals surface area contributed by atoms with Gasteiger partial charge in [-0.2, -0.15) is 0 Å². The Hall–Kier alpha value is -1.42. The minimum Gasteiger partial charge on any atom is -0.342 e. The molecule has 0 heterocycles. The van der Waals surface area contributed by atoms with Gasteiger partial charge in [-0.15, -0.1) is 0 Å². The van der Waals surface area contributed by atoms with E-state index in [0.29, 0.717) is 25.9 Å². The predicted octanol–water partition coefficient (Wildman–Crippen LogP) is 2.35. The zero-order chi connectivity index (χ0) is 14.1. The van der Waals surface area contributed by atoms with Gasteiger partial charge in [0.15, 0.2) is 0 Å². The molecule has 1 aromatic carbocycles. The second-order valence-corrected chi connectivity index (χ2v) is 4.65. The molecular weight excluding hydrogens is 243 g/mol. The van der Waals surface area contributed by atoms with Crippen LogP contribution in [0.2, 0.25) is 0 Å². The van der Waals surface area contributed by atoms with E-state index in [1.807, 2.05) is 17.9 Å². The monoisotopic (exact) mass is 266 g/mol. The summed E-state index contributed by atoms with van der Waals surface area (Å²) in [4.78, 5) is 13.8. The largest absolute Gasteiger partial charge is 0.342 e. The average molecular weight is 266 g/mol. The Morgan fingerprint density at radius 3 is 2.79 bits per heavy atom. The molecular formula is C15H23FN2O. The van der Waals surface area contributed by atoms with Crippen molar-refractivity contribution >= 4 is 5.91 Å². The fourth-order valence-corrected chi connectivity index (χ4v) is 2.00. The number of benzene rings is 1. The van der Waals surface area contributed by atoms with Gasteiger partial charge in [0.2, 0.25) is 5.91 Å². The van der Waals surface area contributed by atoms with E-state index in [1.54, 1.807) is 6.07 Å². The maximum absolute atomic E-state index is 13.1. The molecule has 1 amide bonds. The maximum atomic E-state index is 13.1. The smallest absolute Gasteiger partial charge is 0.222 e. The van der Waals surface area contributed by atoms with Crippen LogP contribution >= 0.6 is 0 Å². The summed E-state index contributed by atoms with van der Waals surface area (Å²) in [6, 6.07) is 6.54. The van der Waals surface area contributed by atoms with Crippen LogP contribution in [-0.4, -0.2) is 30.4 Å². The van der Waals surface area contributed by atoms with Crippen LogP contribution in [0.15, 0.2) is 24.3 Å². The van der Waals surface area contributed by atoms with Crippen LogP contribution in [0.25, 0.3) is 0 Å². The molecule has 0 atom stereocenters. The van der Waals surface area contributed by atoms with Crippen molar-refractivity contribution in [3.05, 3.63) is 35.6 Å². The molecule has 1 aromatic rings. The summed E-state index contributed by atoms with van der Waals surface area (Å²) in [5.74, 6) is -0.0855. The Balaban J connectivity index is 2.51. The predicted molar refractivity (Wildman–Crippen MR) is 75.3 cm³/mol. The molecule has 0 aliphatic heterocycles. The van der Waals surface area contributed by atoms with Gasteiger partial charge in [-0.25, -0.2) is 4.39 Å². The fraction of sp³-hybridized carbons (Fsp3) is 0.533. The summed E-state index contributed by atoms with van der Waals surface area (Å²) in [7, 11) is 0.